The van der Waals surface area contributed by atoms with E-state index < -0.39 is 0 Å². The summed E-state index contributed by atoms with van der Waals surface area (Å²) in [6.45, 7) is 3.46. The topological polar surface area (TPSA) is 12.0 Å². The molecule has 0 aliphatic carbocycles. The van der Waals surface area contributed by atoms with E-state index in [1.807, 2.05) is 7.05 Å². The number of unbranched alkanes of at least 4 members (excludes halogenated alkanes) is 16. The lowest BCUT2D eigenvalue weighted by molar-refractivity contribution is 0.558. The van der Waals surface area contributed by atoms with Crippen molar-refractivity contribution in [2.24, 2.45) is 0 Å². The van der Waals surface area contributed by atoms with Gasteiger partial charge in [0.2, 0.25) is 0 Å². The van der Waals surface area contributed by atoms with Gasteiger partial charge in [-0.25, -0.2) is 0 Å². The average Bonchev–Trinajstić information content (AvgIpc) is 2.60. The summed E-state index contributed by atoms with van der Waals surface area (Å²) in [5.41, 5.74) is 0. The highest BCUT2D eigenvalue weighted by molar-refractivity contribution is 4.98. The summed E-state index contributed by atoms with van der Waals surface area (Å²) in [5.74, 6) is 6.74. The van der Waals surface area contributed by atoms with Crippen molar-refractivity contribution in [3.05, 3.63) is 0 Å². The second-order valence-corrected chi connectivity index (χ2v) is 7.26. The molecule has 0 saturated carbocycles. The van der Waals surface area contributed by atoms with Crippen LogP contribution in [0.2, 0.25) is 0 Å². The molecule has 0 rings (SSSR count). The Bertz CT molecular complexity index is 273. The molecule has 0 aliphatic heterocycles. The largest absolute Gasteiger partial charge is 0.320 e. The van der Waals surface area contributed by atoms with Gasteiger partial charge in [0.1, 0.15) is 0 Å². The SMILES string of the molecule is CCCCCCCCCCCCC#CCCCCCCCCNC. The minimum atomic E-state index is 1.12. The summed E-state index contributed by atoms with van der Waals surface area (Å²) in [6, 6.07) is 0. The first-order valence-electron chi connectivity index (χ1n) is 11.0. The minimum Gasteiger partial charge on any atom is -0.320 e. The molecule has 0 bridgehead atoms. The Labute approximate surface area is 153 Å². The molecular weight excluding hydrogens is 290 g/mol. The van der Waals surface area contributed by atoms with E-state index in [-0.39, 0.29) is 0 Å². The van der Waals surface area contributed by atoms with Gasteiger partial charge in [-0.2, -0.15) is 0 Å². The third-order valence-corrected chi connectivity index (χ3v) is 4.76. The fourth-order valence-corrected chi connectivity index (χ4v) is 3.10. The van der Waals surface area contributed by atoms with Crippen molar-refractivity contribution >= 4 is 0 Å². The lowest BCUT2D eigenvalue weighted by Crippen LogP contribution is -2.06. The first kappa shape index (κ1) is 23.5. The summed E-state index contributed by atoms with van der Waals surface area (Å²) >= 11 is 0. The highest BCUT2D eigenvalue weighted by Crippen LogP contribution is 2.11. The van der Waals surface area contributed by atoms with Crippen LogP contribution in [0.15, 0.2) is 0 Å². The molecule has 0 amide bonds. The van der Waals surface area contributed by atoms with Gasteiger partial charge in [-0.15, -0.1) is 11.8 Å². The Morgan fingerprint density at radius 3 is 1.29 bits per heavy atom. The fourth-order valence-electron chi connectivity index (χ4n) is 3.10. The smallest absolute Gasteiger partial charge is 0.00886 e. The van der Waals surface area contributed by atoms with E-state index >= 15 is 0 Å². The van der Waals surface area contributed by atoms with Crippen LogP contribution in [0.25, 0.3) is 0 Å². The Morgan fingerprint density at radius 1 is 0.500 bits per heavy atom. The summed E-state index contributed by atoms with van der Waals surface area (Å²) in [7, 11) is 2.04. The summed E-state index contributed by atoms with van der Waals surface area (Å²) < 4.78 is 0. The zero-order valence-corrected chi connectivity index (χ0v) is 16.9. The first-order chi connectivity index (χ1) is 11.9. The normalized spacial score (nSPS) is 10.6. The zero-order valence-electron chi connectivity index (χ0n) is 16.9. The van der Waals surface area contributed by atoms with Crippen molar-refractivity contribution in [3.8, 4) is 11.8 Å². The van der Waals surface area contributed by atoms with Crippen molar-refractivity contribution in [1.82, 2.24) is 5.32 Å². The van der Waals surface area contributed by atoms with E-state index in [2.05, 4.69) is 24.1 Å². The van der Waals surface area contributed by atoms with Gasteiger partial charge in [0, 0.05) is 12.8 Å². The second-order valence-electron chi connectivity index (χ2n) is 7.26. The number of rotatable bonds is 18. The Kier molecular flexibility index (Phi) is 22.1. The Balaban J connectivity index is 3.07. The van der Waals surface area contributed by atoms with Gasteiger partial charge >= 0.3 is 0 Å². The molecule has 0 aromatic heterocycles. The van der Waals surface area contributed by atoms with E-state index in [1.165, 1.54) is 109 Å². The van der Waals surface area contributed by atoms with Crippen LogP contribution in [0.3, 0.4) is 0 Å². The van der Waals surface area contributed by atoms with E-state index in [1.54, 1.807) is 0 Å². The monoisotopic (exact) mass is 335 g/mol. The number of hydrogen-bond donors (Lipinski definition) is 1. The van der Waals surface area contributed by atoms with E-state index in [0.29, 0.717) is 0 Å². The van der Waals surface area contributed by atoms with Gasteiger partial charge in [-0.1, -0.05) is 90.4 Å². The molecular formula is C23H45N. The quantitative estimate of drug-likeness (QED) is 0.205. The summed E-state index contributed by atoms with van der Waals surface area (Å²) in [6.07, 6.45) is 24.6. The molecule has 24 heavy (non-hydrogen) atoms. The van der Waals surface area contributed by atoms with Gasteiger partial charge in [0.15, 0.2) is 0 Å². The lowest BCUT2D eigenvalue weighted by atomic mass is 10.1. The van der Waals surface area contributed by atoms with Crippen LogP contribution in [0.5, 0.6) is 0 Å². The van der Waals surface area contributed by atoms with Gasteiger partial charge < -0.3 is 5.32 Å². The van der Waals surface area contributed by atoms with E-state index in [9.17, 15) is 0 Å². The average molecular weight is 336 g/mol. The molecule has 1 nitrogen and oxygen atoms in total. The highest BCUT2D eigenvalue weighted by atomic mass is 14.8. The molecule has 0 atom stereocenters. The number of nitrogens with one attached hydrogen (secondary N) is 1. The van der Waals surface area contributed by atoms with Crippen LogP contribution >= 0.6 is 0 Å². The fraction of sp³-hybridized carbons (Fsp3) is 0.913. The predicted molar refractivity (Wildman–Crippen MR) is 110 cm³/mol. The van der Waals surface area contributed by atoms with Crippen molar-refractivity contribution in [2.45, 2.75) is 122 Å². The van der Waals surface area contributed by atoms with Crippen molar-refractivity contribution < 1.29 is 0 Å². The van der Waals surface area contributed by atoms with Crippen molar-refractivity contribution in [3.63, 3.8) is 0 Å². The Hall–Kier alpha value is -0.480. The minimum absolute atomic E-state index is 1.12. The van der Waals surface area contributed by atoms with Gasteiger partial charge in [-0.3, -0.25) is 0 Å². The molecule has 0 aromatic rings. The zero-order chi connectivity index (χ0) is 17.6. The van der Waals surface area contributed by atoms with Crippen LogP contribution in [-0.2, 0) is 0 Å². The number of hydrogen-bond acceptors (Lipinski definition) is 1. The maximum absolute atomic E-state index is 3.37. The molecule has 0 aliphatic rings. The molecule has 0 spiro atoms. The molecule has 0 fully saturated rings. The summed E-state index contributed by atoms with van der Waals surface area (Å²) in [5, 5.41) is 3.21. The maximum atomic E-state index is 3.37. The van der Waals surface area contributed by atoms with Gasteiger partial charge in [0.25, 0.3) is 0 Å². The van der Waals surface area contributed by atoms with Crippen LogP contribution < -0.4 is 5.32 Å². The maximum Gasteiger partial charge on any atom is 0.00886 e. The van der Waals surface area contributed by atoms with Crippen LogP contribution in [-0.4, -0.2) is 13.6 Å². The van der Waals surface area contributed by atoms with Gasteiger partial charge in [-0.05, 0) is 32.9 Å². The Morgan fingerprint density at radius 2 is 0.875 bits per heavy atom. The summed E-state index contributed by atoms with van der Waals surface area (Å²) in [4.78, 5) is 0. The third kappa shape index (κ3) is 21.5. The van der Waals surface area contributed by atoms with Gasteiger partial charge in [0.05, 0.1) is 0 Å². The molecule has 0 radical (unpaired) electrons. The van der Waals surface area contributed by atoms with E-state index in [4.69, 9.17) is 0 Å². The molecule has 1 heteroatoms. The van der Waals surface area contributed by atoms with Crippen molar-refractivity contribution in [2.75, 3.05) is 13.6 Å². The molecule has 0 saturated heterocycles. The molecule has 0 heterocycles. The van der Waals surface area contributed by atoms with Crippen LogP contribution in [0, 0.1) is 11.8 Å². The molecule has 0 unspecified atom stereocenters. The van der Waals surface area contributed by atoms with Crippen molar-refractivity contribution in [1.29, 1.82) is 0 Å². The van der Waals surface area contributed by atoms with Crippen LogP contribution in [0.1, 0.15) is 122 Å². The first-order valence-corrected chi connectivity index (χ1v) is 11.0. The predicted octanol–water partition coefficient (Wildman–Crippen LogP) is 7.25. The van der Waals surface area contributed by atoms with E-state index in [0.717, 1.165) is 12.8 Å². The third-order valence-electron chi connectivity index (χ3n) is 4.76. The van der Waals surface area contributed by atoms with Crippen LogP contribution in [0.4, 0.5) is 0 Å². The molecule has 0 aromatic carbocycles. The molecule has 1 N–H and O–H groups in total. The molecule has 142 valence electrons. The standard InChI is InChI=1S/C23H45N/c1-3-4-5-6-7-8-9-10-11-12-13-14-15-16-17-18-19-20-21-22-23-24-2/h24H,3-13,16-23H2,1-2H3. The lowest BCUT2D eigenvalue weighted by Gasteiger charge is -2.01. The highest BCUT2D eigenvalue weighted by Gasteiger charge is 1.92. The second kappa shape index (κ2) is 22.5.